The third-order valence-electron chi connectivity index (χ3n) is 9.59. The fourth-order valence-corrected chi connectivity index (χ4v) is 8.74. The molecule has 3 aliphatic rings. The molecule has 3 heterocycles. The number of amides is 2. The zero-order valence-electron chi connectivity index (χ0n) is 29.3. The molecule has 2 saturated heterocycles. The summed E-state index contributed by atoms with van der Waals surface area (Å²) < 4.78 is 52.4. The van der Waals surface area contributed by atoms with Gasteiger partial charge < -0.3 is 44.2 Å². The van der Waals surface area contributed by atoms with Gasteiger partial charge in [-0.15, -0.1) is 0 Å². The van der Waals surface area contributed by atoms with E-state index in [0.29, 0.717) is 50.3 Å². The zero-order chi connectivity index (χ0) is 36.1. The normalized spacial score (nSPS) is 21.3. The van der Waals surface area contributed by atoms with Gasteiger partial charge >= 0.3 is 0 Å². The van der Waals surface area contributed by atoms with Gasteiger partial charge in [-0.1, -0.05) is 58.0 Å². The van der Waals surface area contributed by atoms with Crippen LogP contribution < -0.4 is 19.9 Å². The van der Waals surface area contributed by atoms with E-state index in [0.717, 1.165) is 10.5 Å². The van der Waals surface area contributed by atoms with E-state index in [1.54, 1.807) is 0 Å². The van der Waals surface area contributed by atoms with Crippen molar-refractivity contribution >= 4 is 22.0 Å². The van der Waals surface area contributed by atoms with E-state index >= 15 is 0 Å². The summed E-state index contributed by atoms with van der Waals surface area (Å²) in [5.41, 5.74) is 0.175. The molecular formula is C36H50N3O10S-. The van der Waals surface area contributed by atoms with Crippen molar-refractivity contribution < 1.29 is 47.2 Å². The molecule has 13 nitrogen and oxygen atoms in total. The number of carbonyl (C=O) groups excluding carboxylic acids is 2. The van der Waals surface area contributed by atoms with Crippen molar-refractivity contribution in [2.45, 2.75) is 89.2 Å². The number of carbonyl (C=O) groups is 2. The monoisotopic (exact) mass is 716 g/mol. The van der Waals surface area contributed by atoms with Crippen LogP contribution in [0.5, 0.6) is 11.5 Å². The number of carboxylic acid groups (broad SMARTS) is 1. The molecule has 0 aromatic heterocycles. The summed E-state index contributed by atoms with van der Waals surface area (Å²) >= 11 is 0. The minimum absolute atomic E-state index is 0.00916. The second kappa shape index (κ2) is 16.3. The van der Waals surface area contributed by atoms with E-state index in [1.807, 2.05) is 58.0 Å². The predicted molar refractivity (Wildman–Crippen MR) is 182 cm³/mol. The van der Waals surface area contributed by atoms with E-state index in [2.05, 4.69) is 5.32 Å². The van der Waals surface area contributed by atoms with Gasteiger partial charge in [0.1, 0.15) is 6.09 Å². The number of nitrogens with one attached hydrogen (secondary N) is 1. The Morgan fingerprint density at radius 3 is 2.54 bits per heavy atom. The van der Waals surface area contributed by atoms with Crippen LogP contribution in [-0.4, -0.2) is 98.8 Å². The lowest BCUT2D eigenvalue weighted by Gasteiger charge is -2.43. The number of hydrogen-bond donors (Lipinski definition) is 2. The lowest BCUT2D eigenvalue weighted by atomic mass is 9.87. The lowest BCUT2D eigenvalue weighted by molar-refractivity contribution is -0.273. The third-order valence-corrected chi connectivity index (χ3v) is 11.4. The molecule has 2 aromatic carbocycles. The molecule has 0 unspecified atom stereocenters. The Hall–Kier alpha value is -3.43. The van der Waals surface area contributed by atoms with Gasteiger partial charge in [0.2, 0.25) is 22.7 Å². The van der Waals surface area contributed by atoms with E-state index in [1.165, 1.54) is 22.5 Å². The highest BCUT2D eigenvalue weighted by Crippen LogP contribution is 2.38. The number of nitrogens with zero attached hydrogens (tertiary/aromatic N) is 2. The van der Waals surface area contributed by atoms with Crippen LogP contribution in [0.25, 0.3) is 0 Å². The van der Waals surface area contributed by atoms with Gasteiger partial charge in [-0.3, -0.25) is 4.79 Å². The Balaban J connectivity index is 1.43. The number of ether oxygens (including phenoxy) is 4. The first-order chi connectivity index (χ1) is 23.7. The first-order valence-electron chi connectivity index (χ1n) is 17.4. The van der Waals surface area contributed by atoms with Crippen LogP contribution in [0.1, 0.15) is 58.9 Å². The maximum atomic E-state index is 14.4. The summed E-state index contributed by atoms with van der Waals surface area (Å²) in [4.78, 5) is 26.2. The number of aliphatic hydroxyl groups excluding tert-OH is 1. The number of rotatable bonds is 17. The lowest BCUT2D eigenvalue weighted by Crippen LogP contribution is -2.61. The van der Waals surface area contributed by atoms with Crippen molar-refractivity contribution in [3.8, 4) is 11.5 Å². The highest BCUT2D eigenvalue weighted by Gasteiger charge is 2.47. The third kappa shape index (κ3) is 9.26. The molecule has 2 amide bonds. The maximum absolute atomic E-state index is 14.4. The standard InChI is InChI=1S/C36H51N3O10S/c1-24(2)17-33(41)37-15-8-14-36(3,4)22-38(50(44,45)26-11-12-31-32(19-26)49-23-48-31)20-30(40)28(18-25-9-6-5-7-10-25)39(35(42)43)29-21-47-34-27(29)13-16-46-34/h5-7,9-12,19,24,27-30,34,40H,8,13-18,20-23H2,1-4H3,(H,37,41)(H,42,43)/p-1/t27-,28-,29-,30+,34+/m0/s1. The molecule has 5 atom stereocenters. The number of benzene rings is 2. The van der Waals surface area contributed by atoms with Gasteiger partial charge in [-0.05, 0) is 54.7 Å². The molecule has 0 bridgehead atoms. The smallest absolute Gasteiger partial charge is 0.243 e. The minimum atomic E-state index is -4.25. The van der Waals surface area contributed by atoms with E-state index < -0.39 is 52.6 Å². The topological polar surface area (TPSA) is 167 Å². The quantitative estimate of drug-likeness (QED) is 0.233. The number of hydrogen-bond acceptors (Lipinski definition) is 10. The van der Waals surface area contributed by atoms with Crippen LogP contribution in [0.15, 0.2) is 53.4 Å². The average molecular weight is 717 g/mol. The molecule has 0 spiro atoms. The van der Waals surface area contributed by atoms with Gasteiger partial charge in [-0.25, -0.2) is 8.42 Å². The predicted octanol–water partition coefficient (Wildman–Crippen LogP) is 2.75. The van der Waals surface area contributed by atoms with E-state index in [-0.39, 0.29) is 49.0 Å². The zero-order valence-corrected chi connectivity index (χ0v) is 30.1. The average Bonchev–Trinajstić information content (AvgIpc) is 3.81. The molecule has 276 valence electrons. The molecule has 14 heteroatoms. The molecule has 0 radical (unpaired) electrons. The van der Waals surface area contributed by atoms with Crippen LogP contribution in [0.3, 0.4) is 0 Å². The fourth-order valence-electron chi connectivity index (χ4n) is 7.08. The molecule has 2 N–H and O–H groups in total. The minimum Gasteiger partial charge on any atom is -0.530 e. The number of aliphatic hydroxyl groups is 1. The van der Waals surface area contributed by atoms with Gasteiger partial charge in [0.15, 0.2) is 17.8 Å². The summed E-state index contributed by atoms with van der Waals surface area (Å²) in [5.74, 6) is 0.684. The molecular weight excluding hydrogens is 666 g/mol. The SMILES string of the molecule is CC(C)CC(=O)NCCCC(C)(C)CN(C[C@@H](O)[C@H](Cc1ccccc1)N(C(=O)[O-])[C@H]1CO[C@H]2OCC[C@H]21)S(=O)(=O)c1ccc2c(c1)OCO2. The molecule has 0 saturated carbocycles. The Bertz CT molecular complexity index is 1570. The first-order valence-corrected chi connectivity index (χ1v) is 18.8. The number of fused-ring (bicyclic) bond motifs is 2. The van der Waals surface area contributed by atoms with Crippen molar-refractivity contribution in [3.05, 3.63) is 54.1 Å². The molecule has 5 rings (SSSR count). The van der Waals surface area contributed by atoms with Gasteiger partial charge in [0.05, 0.1) is 36.3 Å². The highest BCUT2D eigenvalue weighted by atomic mass is 32.2. The summed E-state index contributed by atoms with van der Waals surface area (Å²) in [6, 6.07) is 11.8. The van der Waals surface area contributed by atoms with Crippen LogP contribution in [0.4, 0.5) is 4.79 Å². The van der Waals surface area contributed by atoms with Crippen molar-refractivity contribution in [2.75, 3.05) is 39.6 Å². The molecule has 0 aliphatic carbocycles. The van der Waals surface area contributed by atoms with Crippen LogP contribution in [0.2, 0.25) is 0 Å². The summed E-state index contributed by atoms with van der Waals surface area (Å²) in [6.45, 7) is 8.35. The summed E-state index contributed by atoms with van der Waals surface area (Å²) in [5, 5.41) is 27.9. The van der Waals surface area contributed by atoms with E-state index in [9.17, 15) is 28.2 Å². The number of sulfonamides is 1. The Morgan fingerprint density at radius 2 is 1.82 bits per heavy atom. The van der Waals surface area contributed by atoms with Crippen molar-refractivity contribution in [3.63, 3.8) is 0 Å². The first kappa shape index (κ1) is 37.8. The van der Waals surface area contributed by atoms with Crippen LogP contribution >= 0.6 is 0 Å². The molecule has 2 fully saturated rings. The van der Waals surface area contributed by atoms with Crippen LogP contribution in [0, 0.1) is 17.3 Å². The maximum Gasteiger partial charge on any atom is 0.243 e. The van der Waals surface area contributed by atoms with Crippen LogP contribution in [-0.2, 0) is 30.7 Å². The molecule has 2 aromatic rings. The second-order valence-corrected chi connectivity index (χ2v) is 16.6. The van der Waals surface area contributed by atoms with Crippen molar-refractivity contribution in [1.29, 1.82) is 0 Å². The Kier molecular flexibility index (Phi) is 12.3. The summed E-state index contributed by atoms with van der Waals surface area (Å²) in [6.07, 6.45) is -1.17. The highest BCUT2D eigenvalue weighted by molar-refractivity contribution is 7.89. The van der Waals surface area contributed by atoms with Crippen molar-refractivity contribution in [1.82, 2.24) is 14.5 Å². The second-order valence-electron chi connectivity index (χ2n) is 14.6. The van der Waals surface area contributed by atoms with Gasteiger partial charge in [0, 0.05) is 38.0 Å². The molecule has 50 heavy (non-hydrogen) atoms. The Labute approximate surface area is 294 Å². The largest absolute Gasteiger partial charge is 0.530 e. The summed E-state index contributed by atoms with van der Waals surface area (Å²) in [7, 11) is -4.25. The Morgan fingerprint density at radius 1 is 1.08 bits per heavy atom. The van der Waals surface area contributed by atoms with Gasteiger partial charge in [-0.2, -0.15) is 4.31 Å². The van der Waals surface area contributed by atoms with Gasteiger partial charge in [0.25, 0.3) is 0 Å². The van der Waals surface area contributed by atoms with E-state index in [4.69, 9.17) is 18.9 Å². The fraction of sp³-hybridized carbons (Fsp3) is 0.611. The molecule has 3 aliphatic heterocycles. The van der Waals surface area contributed by atoms with Crippen molar-refractivity contribution in [2.24, 2.45) is 17.3 Å².